The monoisotopic (exact) mass is 376 g/mol. The molecule has 0 saturated heterocycles. The van der Waals surface area contributed by atoms with Gasteiger partial charge in [0.15, 0.2) is 11.6 Å². The maximum Gasteiger partial charge on any atom is 0.197 e. The Morgan fingerprint density at radius 1 is 1.33 bits per heavy atom. The summed E-state index contributed by atoms with van der Waals surface area (Å²) in [5, 5.41) is -0.0545. The van der Waals surface area contributed by atoms with E-state index in [9.17, 15) is 9.18 Å². The number of Topliss-reactive ketones (excluding diaryl/α,β-unsaturated/α-hetero) is 1. The van der Waals surface area contributed by atoms with Crippen LogP contribution in [0, 0.1) is 5.82 Å². The molecule has 5 heteroatoms. The number of halogens is 3. The Kier molecular flexibility index (Phi) is 5.81. The molecule has 0 aromatic heterocycles. The predicted molar refractivity (Wildman–Crippen MR) is 85.5 cm³/mol. The van der Waals surface area contributed by atoms with Crippen LogP contribution < -0.4 is 0 Å². The van der Waals surface area contributed by atoms with E-state index in [1.807, 2.05) is 6.92 Å². The van der Waals surface area contributed by atoms with E-state index in [1.165, 1.54) is 6.07 Å². The molecule has 2 rings (SSSR count). The summed E-state index contributed by atoms with van der Waals surface area (Å²) >= 11 is 9.07. The third-order valence-corrected chi connectivity index (χ3v) is 5.28. The van der Waals surface area contributed by atoms with Crippen LogP contribution in [0.5, 0.6) is 0 Å². The average Bonchev–Trinajstić information content (AvgIpc) is 2.71. The molecule has 1 aliphatic carbocycles. The molecule has 0 bridgehead atoms. The minimum atomic E-state index is -0.900. The first-order chi connectivity index (χ1) is 10.0. The molecule has 0 atom stereocenters. The van der Waals surface area contributed by atoms with E-state index in [2.05, 4.69) is 15.9 Å². The Balaban J connectivity index is 2.41. The fourth-order valence-electron chi connectivity index (χ4n) is 2.96. The van der Waals surface area contributed by atoms with Crippen LogP contribution in [0.1, 0.15) is 55.8 Å². The van der Waals surface area contributed by atoms with Gasteiger partial charge in [-0.05, 0) is 47.8 Å². The lowest BCUT2D eigenvalue weighted by Gasteiger charge is -2.31. The van der Waals surface area contributed by atoms with Gasteiger partial charge in [0, 0.05) is 11.1 Å². The standard InChI is InChI=1S/C16H19BrClFO2/c1-2-21-16(9-5-3-4-6-10-16)15(20)11-7-8-12(17)13(18)14(11)19/h7-8H,2-6,9-10H2,1H3. The van der Waals surface area contributed by atoms with Crippen molar-refractivity contribution < 1.29 is 13.9 Å². The van der Waals surface area contributed by atoms with Crippen molar-refractivity contribution in [3.8, 4) is 0 Å². The molecule has 116 valence electrons. The van der Waals surface area contributed by atoms with Crippen molar-refractivity contribution in [2.45, 2.75) is 51.0 Å². The fraction of sp³-hybridized carbons (Fsp3) is 0.562. The molecule has 1 aliphatic rings. The van der Waals surface area contributed by atoms with E-state index in [-0.39, 0.29) is 16.4 Å². The zero-order valence-corrected chi connectivity index (χ0v) is 14.4. The molecule has 2 nitrogen and oxygen atoms in total. The van der Waals surface area contributed by atoms with Gasteiger partial charge in [0.25, 0.3) is 0 Å². The van der Waals surface area contributed by atoms with Gasteiger partial charge in [-0.2, -0.15) is 0 Å². The van der Waals surface area contributed by atoms with Gasteiger partial charge in [0.05, 0.1) is 10.6 Å². The Morgan fingerprint density at radius 3 is 2.52 bits per heavy atom. The van der Waals surface area contributed by atoms with Crippen LogP contribution in [0.3, 0.4) is 0 Å². The molecular formula is C16H19BrClFO2. The summed E-state index contributed by atoms with van der Waals surface area (Å²) in [6.07, 6.45) is 5.33. The number of carbonyl (C=O) groups excluding carboxylic acids is 1. The van der Waals surface area contributed by atoms with Gasteiger partial charge in [-0.15, -0.1) is 0 Å². The molecule has 0 aliphatic heterocycles. The van der Waals surface area contributed by atoms with E-state index in [4.69, 9.17) is 16.3 Å². The van der Waals surface area contributed by atoms with Gasteiger partial charge < -0.3 is 4.74 Å². The summed E-state index contributed by atoms with van der Waals surface area (Å²) in [5.41, 5.74) is -0.873. The molecule has 1 aromatic rings. The number of hydrogen-bond donors (Lipinski definition) is 0. The van der Waals surface area contributed by atoms with E-state index in [0.29, 0.717) is 23.9 Å². The maximum absolute atomic E-state index is 14.3. The van der Waals surface area contributed by atoms with Crippen molar-refractivity contribution in [3.63, 3.8) is 0 Å². The highest BCUT2D eigenvalue weighted by Gasteiger charge is 2.41. The van der Waals surface area contributed by atoms with E-state index in [0.717, 1.165) is 25.7 Å². The highest BCUT2D eigenvalue weighted by Crippen LogP contribution is 2.36. The van der Waals surface area contributed by atoms with Crippen LogP contribution in [-0.2, 0) is 4.74 Å². The number of hydrogen-bond acceptors (Lipinski definition) is 2. The molecular weight excluding hydrogens is 359 g/mol. The molecule has 0 N–H and O–H groups in total. The quantitative estimate of drug-likeness (QED) is 0.390. The van der Waals surface area contributed by atoms with Crippen LogP contribution in [0.15, 0.2) is 16.6 Å². The SMILES string of the molecule is CCOC1(C(=O)c2ccc(Br)c(Cl)c2F)CCCCCC1. The second-order valence-corrected chi connectivity index (χ2v) is 6.63. The van der Waals surface area contributed by atoms with Crippen LogP contribution >= 0.6 is 27.5 Å². The zero-order valence-electron chi connectivity index (χ0n) is 12.1. The average molecular weight is 378 g/mol. The molecule has 21 heavy (non-hydrogen) atoms. The first-order valence-electron chi connectivity index (χ1n) is 7.34. The van der Waals surface area contributed by atoms with E-state index < -0.39 is 11.4 Å². The van der Waals surface area contributed by atoms with Crippen LogP contribution in [0.2, 0.25) is 5.02 Å². The number of ketones is 1. The van der Waals surface area contributed by atoms with E-state index >= 15 is 0 Å². The van der Waals surface area contributed by atoms with Gasteiger partial charge in [-0.3, -0.25) is 4.79 Å². The second-order valence-electron chi connectivity index (χ2n) is 5.39. The van der Waals surface area contributed by atoms with Gasteiger partial charge in [0.1, 0.15) is 5.60 Å². The summed E-state index contributed by atoms with van der Waals surface area (Å²) in [4.78, 5) is 12.9. The first-order valence-corrected chi connectivity index (χ1v) is 8.51. The lowest BCUT2D eigenvalue weighted by Crippen LogP contribution is -2.41. The number of carbonyl (C=O) groups is 1. The largest absolute Gasteiger partial charge is 0.367 e. The summed E-state index contributed by atoms with van der Waals surface area (Å²) in [7, 11) is 0. The second kappa shape index (κ2) is 7.21. The van der Waals surface area contributed by atoms with Crippen molar-refractivity contribution >= 4 is 33.3 Å². The molecule has 1 fully saturated rings. The molecule has 0 unspecified atom stereocenters. The van der Waals surface area contributed by atoms with Gasteiger partial charge >= 0.3 is 0 Å². The molecule has 1 aromatic carbocycles. The molecule has 1 saturated carbocycles. The smallest absolute Gasteiger partial charge is 0.197 e. The number of rotatable bonds is 4. The Morgan fingerprint density at radius 2 is 1.95 bits per heavy atom. The minimum Gasteiger partial charge on any atom is -0.367 e. The van der Waals surface area contributed by atoms with Crippen molar-refractivity contribution in [2.75, 3.05) is 6.61 Å². The van der Waals surface area contributed by atoms with Crippen molar-refractivity contribution in [3.05, 3.63) is 33.0 Å². The number of benzene rings is 1. The summed E-state index contributed by atoms with van der Waals surface area (Å²) in [6.45, 7) is 2.31. The van der Waals surface area contributed by atoms with Crippen LogP contribution in [0.25, 0.3) is 0 Å². The summed E-state index contributed by atoms with van der Waals surface area (Å²) in [5.74, 6) is -0.947. The Labute approximate surface area is 138 Å². The maximum atomic E-state index is 14.3. The number of ether oxygens (including phenoxy) is 1. The Bertz CT molecular complexity index is 525. The van der Waals surface area contributed by atoms with Crippen LogP contribution in [-0.4, -0.2) is 18.0 Å². The van der Waals surface area contributed by atoms with E-state index in [1.54, 1.807) is 6.07 Å². The topological polar surface area (TPSA) is 26.3 Å². The third kappa shape index (κ3) is 3.49. The van der Waals surface area contributed by atoms with Gasteiger partial charge in [-0.1, -0.05) is 37.3 Å². The lowest BCUT2D eigenvalue weighted by atomic mass is 9.85. The summed E-state index contributed by atoms with van der Waals surface area (Å²) < 4.78 is 20.6. The lowest BCUT2D eigenvalue weighted by molar-refractivity contribution is -0.0295. The first kappa shape index (κ1) is 16.9. The van der Waals surface area contributed by atoms with Gasteiger partial charge in [0.2, 0.25) is 0 Å². The highest BCUT2D eigenvalue weighted by atomic mass is 79.9. The van der Waals surface area contributed by atoms with Crippen LogP contribution in [0.4, 0.5) is 4.39 Å². The van der Waals surface area contributed by atoms with Crippen molar-refractivity contribution in [2.24, 2.45) is 0 Å². The third-order valence-electron chi connectivity index (χ3n) is 4.03. The molecule has 0 radical (unpaired) electrons. The normalized spacial score (nSPS) is 18.3. The minimum absolute atomic E-state index is 0.0264. The fourth-order valence-corrected chi connectivity index (χ4v) is 3.43. The van der Waals surface area contributed by atoms with Gasteiger partial charge in [-0.25, -0.2) is 4.39 Å². The predicted octanol–water partition coefficient (Wildman–Crippen LogP) is 5.55. The molecule has 0 spiro atoms. The molecule has 0 heterocycles. The molecule has 0 amide bonds. The van der Waals surface area contributed by atoms with Crippen molar-refractivity contribution in [1.82, 2.24) is 0 Å². The zero-order chi connectivity index (χ0) is 15.5. The summed E-state index contributed by atoms with van der Waals surface area (Å²) in [6, 6.07) is 3.09. The Hall–Kier alpha value is -0.450. The van der Waals surface area contributed by atoms with Crippen molar-refractivity contribution in [1.29, 1.82) is 0 Å². The highest BCUT2D eigenvalue weighted by molar-refractivity contribution is 9.10.